The lowest BCUT2D eigenvalue weighted by Crippen LogP contribution is -2.29. The molecule has 5 heteroatoms. The zero-order valence-corrected chi connectivity index (χ0v) is 16.4. The summed E-state index contributed by atoms with van der Waals surface area (Å²) < 4.78 is 2.24. The van der Waals surface area contributed by atoms with Gasteiger partial charge in [-0.05, 0) is 55.4 Å². The summed E-state index contributed by atoms with van der Waals surface area (Å²) in [7, 11) is 0. The van der Waals surface area contributed by atoms with Crippen molar-refractivity contribution >= 4 is 17.3 Å². The summed E-state index contributed by atoms with van der Waals surface area (Å²) in [5, 5.41) is 4.29. The average Bonchev–Trinajstić information content (AvgIpc) is 3.29. The quantitative estimate of drug-likeness (QED) is 0.658. The Morgan fingerprint density at radius 3 is 2.52 bits per heavy atom. The molecule has 1 aliphatic heterocycles. The first-order valence-electron chi connectivity index (χ1n) is 9.33. The molecule has 3 heterocycles. The molecule has 1 aliphatic rings. The van der Waals surface area contributed by atoms with Gasteiger partial charge in [-0.3, -0.25) is 4.98 Å². The normalized spacial score (nSPS) is 19.5. The highest BCUT2D eigenvalue weighted by Gasteiger charge is 2.40. The summed E-state index contributed by atoms with van der Waals surface area (Å²) in [4.78, 5) is 6.88. The van der Waals surface area contributed by atoms with E-state index in [1.807, 2.05) is 24.4 Å². The second-order valence-electron chi connectivity index (χ2n) is 7.23. The molecule has 138 valence electrons. The second kappa shape index (κ2) is 7.53. The summed E-state index contributed by atoms with van der Waals surface area (Å²) in [5.74, 6) is 0. The molecule has 1 saturated heterocycles. The van der Waals surface area contributed by atoms with E-state index in [4.69, 9.17) is 12.2 Å². The highest BCUT2D eigenvalue weighted by Crippen LogP contribution is 2.39. The van der Waals surface area contributed by atoms with E-state index < -0.39 is 0 Å². The average molecular weight is 377 g/mol. The Balaban J connectivity index is 1.73. The SMILES string of the molecule is CC(C)n1ccc([C@@H]2[C@@H](c3ccccn3)NC(=S)N2Cc2ccccc2)c1. The number of rotatable bonds is 5. The molecule has 1 aromatic carbocycles. The van der Waals surface area contributed by atoms with Crippen molar-refractivity contribution in [3.05, 3.63) is 90.0 Å². The van der Waals surface area contributed by atoms with Crippen molar-refractivity contribution in [1.82, 2.24) is 19.8 Å². The van der Waals surface area contributed by atoms with Crippen molar-refractivity contribution in [1.29, 1.82) is 0 Å². The number of benzene rings is 1. The Morgan fingerprint density at radius 1 is 1.07 bits per heavy atom. The minimum atomic E-state index is 0.0328. The molecule has 0 bridgehead atoms. The van der Waals surface area contributed by atoms with E-state index in [1.165, 1.54) is 11.1 Å². The maximum Gasteiger partial charge on any atom is 0.170 e. The third-order valence-electron chi connectivity index (χ3n) is 5.07. The predicted molar refractivity (Wildman–Crippen MR) is 112 cm³/mol. The summed E-state index contributed by atoms with van der Waals surface area (Å²) >= 11 is 5.73. The number of hydrogen-bond acceptors (Lipinski definition) is 2. The lowest BCUT2D eigenvalue weighted by molar-refractivity contribution is 0.311. The Bertz CT molecular complexity index is 904. The Kier molecular flexibility index (Phi) is 4.94. The van der Waals surface area contributed by atoms with Crippen LogP contribution in [0.1, 0.15) is 48.8 Å². The maximum atomic E-state index is 5.73. The topological polar surface area (TPSA) is 33.1 Å². The number of thiocarbonyl (C=S) groups is 1. The number of nitrogens with one attached hydrogen (secondary N) is 1. The van der Waals surface area contributed by atoms with Gasteiger partial charge in [0, 0.05) is 31.2 Å². The van der Waals surface area contributed by atoms with Crippen molar-refractivity contribution in [2.24, 2.45) is 0 Å². The molecule has 0 spiro atoms. The van der Waals surface area contributed by atoms with Gasteiger partial charge in [-0.25, -0.2) is 0 Å². The molecule has 4 nitrogen and oxygen atoms in total. The van der Waals surface area contributed by atoms with Crippen molar-refractivity contribution < 1.29 is 0 Å². The fraction of sp³-hybridized carbons (Fsp3) is 0.273. The van der Waals surface area contributed by atoms with E-state index in [0.29, 0.717) is 6.04 Å². The van der Waals surface area contributed by atoms with E-state index >= 15 is 0 Å². The summed E-state index contributed by atoms with van der Waals surface area (Å²) in [6, 6.07) is 19.3. The van der Waals surface area contributed by atoms with Crippen LogP contribution in [0.5, 0.6) is 0 Å². The summed E-state index contributed by atoms with van der Waals surface area (Å²) in [5.41, 5.74) is 3.51. The zero-order chi connectivity index (χ0) is 18.8. The molecule has 0 radical (unpaired) electrons. The van der Waals surface area contributed by atoms with E-state index in [1.54, 1.807) is 0 Å². The van der Waals surface area contributed by atoms with Gasteiger partial charge in [-0.1, -0.05) is 36.4 Å². The Morgan fingerprint density at radius 2 is 1.85 bits per heavy atom. The number of pyridine rings is 1. The molecular formula is C22H24N4S. The van der Waals surface area contributed by atoms with Crippen molar-refractivity contribution in [3.8, 4) is 0 Å². The predicted octanol–water partition coefficient (Wildman–Crippen LogP) is 4.64. The lowest BCUT2D eigenvalue weighted by Gasteiger charge is -2.27. The van der Waals surface area contributed by atoms with Gasteiger partial charge >= 0.3 is 0 Å². The van der Waals surface area contributed by atoms with E-state index in [9.17, 15) is 0 Å². The minimum absolute atomic E-state index is 0.0328. The Labute approximate surface area is 165 Å². The third kappa shape index (κ3) is 3.60. The van der Waals surface area contributed by atoms with Gasteiger partial charge in [-0.15, -0.1) is 0 Å². The first kappa shape index (κ1) is 17.7. The van der Waals surface area contributed by atoms with Gasteiger partial charge in [0.15, 0.2) is 5.11 Å². The molecule has 0 saturated carbocycles. The van der Waals surface area contributed by atoms with Crippen molar-refractivity contribution in [3.63, 3.8) is 0 Å². The van der Waals surface area contributed by atoms with Crippen LogP contribution in [-0.2, 0) is 6.54 Å². The number of aromatic nitrogens is 2. The highest BCUT2D eigenvalue weighted by atomic mass is 32.1. The zero-order valence-electron chi connectivity index (χ0n) is 15.6. The molecule has 2 aromatic heterocycles. The summed E-state index contributed by atoms with van der Waals surface area (Å²) in [6.45, 7) is 5.16. The second-order valence-corrected chi connectivity index (χ2v) is 7.61. The van der Waals surface area contributed by atoms with E-state index in [-0.39, 0.29) is 12.1 Å². The number of nitrogens with zero attached hydrogens (tertiary/aromatic N) is 3. The third-order valence-corrected chi connectivity index (χ3v) is 5.42. The van der Waals surface area contributed by atoms with Crippen LogP contribution >= 0.6 is 12.2 Å². The maximum absolute atomic E-state index is 5.73. The standard InChI is InChI=1S/C22H24N4S/c1-16(2)25-13-11-18(15-25)21-20(19-10-6-7-12-23-19)24-22(27)26(21)14-17-8-4-3-5-9-17/h3-13,15-16,20-21H,14H2,1-2H3,(H,24,27)/t20-,21-/m1/s1. The molecule has 0 unspecified atom stereocenters. The lowest BCUT2D eigenvalue weighted by atomic mass is 9.98. The highest BCUT2D eigenvalue weighted by molar-refractivity contribution is 7.80. The molecule has 4 rings (SSSR count). The first-order chi connectivity index (χ1) is 13.1. The fourth-order valence-corrected chi connectivity index (χ4v) is 3.95. The van der Waals surface area contributed by atoms with Crippen LogP contribution < -0.4 is 5.32 Å². The van der Waals surface area contributed by atoms with E-state index in [0.717, 1.165) is 17.4 Å². The van der Waals surface area contributed by atoms with Crippen LogP contribution in [0.2, 0.25) is 0 Å². The van der Waals surface area contributed by atoms with Crippen LogP contribution in [-0.4, -0.2) is 19.6 Å². The molecule has 3 aromatic rings. The number of hydrogen-bond donors (Lipinski definition) is 1. The van der Waals surface area contributed by atoms with Crippen LogP contribution in [0.3, 0.4) is 0 Å². The van der Waals surface area contributed by atoms with Crippen LogP contribution in [0.15, 0.2) is 73.2 Å². The van der Waals surface area contributed by atoms with Gasteiger partial charge < -0.3 is 14.8 Å². The molecule has 1 N–H and O–H groups in total. The van der Waals surface area contributed by atoms with Gasteiger partial charge in [0.25, 0.3) is 0 Å². The molecule has 0 amide bonds. The smallest absolute Gasteiger partial charge is 0.170 e. The van der Waals surface area contributed by atoms with Gasteiger partial charge in [0.2, 0.25) is 0 Å². The van der Waals surface area contributed by atoms with Crippen molar-refractivity contribution in [2.75, 3.05) is 0 Å². The Hall–Kier alpha value is -2.66. The largest absolute Gasteiger partial charge is 0.352 e. The van der Waals surface area contributed by atoms with Crippen LogP contribution in [0, 0.1) is 0 Å². The van der Waals surface area contributed by atoms with Gasteiger partial charge in [0.1, 0.15) is 0 Å². The van der Waals surface area contributed by atoms with Gasteiger partial charge in [0.05, 0.1) is 17.8 Å². The molecular weight excluding hydrogens is 352 g/mol. The molecule has 27 heavy (non-hydrogen) atoms. The van der Waals surface area contributed by atoms with Crippen LogP contribution in [0.25, 0.3) is 0 Å². The molecule has 1 fully saturated rings. The molecule has 2 atom stereocenters. The van der Waals surface area contributed by atoms with Crippen molar-refractivity contribution in [2.45, 2.75) is 38.5 Å². The van der Waals surface area contributed by atoms with Crippen LogP contribution in [0.4, 0.5) is 0 Å². The minimum Gasteiger partial charge on any atom is -0.352 e. The summed E-state index contributed by atoms with van der Waals surface area (Å²) in [6.07, 6.45) is 6.23. The first-order valence-corrected chi connectivity index (χ1v) is 9.73. The fourth-order valence-electron chi connectivity index (χ4n) is 3.65. The molecule has 0 aliphatic carbocycles. The monoisotopic (exact) mass is 376 g/mol. The van der Waals surface area contributed by atoms with Gasteiger partial charge in [-0.2, -0.15) is 0 Å². The van der Waals surface area contributed by atoms with E-state index in [2.05, 4.69) is 82.4 Å².